The van der Waals surface area contributed by atoms with Gasteiger partial charge < -0.3 is 34.1 Å². The molecule has 7 rings (SSSR count). The first-order valence-electron chi connectivity index (χ1n) is 17.9. The normalized spacial score (nSPS) is 17.9. The van der Waals surface area contributed by atoms with E-state index in [9.17, 15) is 24.3 Å². The molecule has 2 aliphatic heterocycles. The summed E-state index contributed by atoms with van der Waals surface area (Å²) in [6.07, 6.45) is -2.21. The molecule has 2 amide bonds. The second-order valence-electron chi connectivity index (χ2n) is 13.2. The fourth-order valence-electron chi connectivity index (χ4n) is 6.56. The smallest absolute Gasteiger partial charge is 0.356 e. The topological polar surface area (TPSA) is 194 Å². The summed E-state index contributed by atoms with van der Waals surface area (Å²) in [6.45, 7) is -0.349. The number of hydrogen-bond donors (Lipinski definition) is 2. The third kappa shape index (κ3) is 8.00. The molecule has 17 heteroatoms. The Labute approximate surface area is 336 Å². The first-order valence-corrected chi connectivity index (χ1v) is 18.9. The van der Waals surface area contributed by atoms with Gasteiger partial charge in [-0.15, -0.1) is 5.10 Å². The first kappa shape index (κ1) is 39.7. The number of tetrazole rings is 1. The number of fused-ring (bicyclic) bond motifs is 1. The van der Waals surface area contributed by atoms with Crippen molar-refractivity contribution in [2.45, 2.75) is 35.7 Å². The van der Waals surface area contributed by atoms with E-state index in [1.807, 2.05) is 60.7 Å². The highest BCUT2D eigenvalue weighted by Gasteiger charge is 2.68. The zero-order chi connectivity index (χ0) is 40.8. The number of methoxy groups -OCH3 is 2. The first-order chi connectivity index (χ1) is 28.1. The van der Waals surface area contributed by atoms with Gasteiger partial charge in [-0.05, 0) is 62.5 Å². The van der Waals surface area contributed by atoms with Gasteiger partial charge in [0.1, 0.15) is 23.8 Å². The summed E-state index contributed by atoms with van der Waals surface area (Å²) in [4.78, 5) is 58.0. The average molecular weight is 807 g/mol. The second kappa shape index (κ2) is 17.3. The molecule has 58 heavy (non-hydrogen) atoms. The van der Waals surface area contributed by atoms with Crippen LogP contribution in [-0.2, 0) is 51.8 Å². The van der Waals surface area contributed by atoms with Crippen LogP contribution in [0.4, 0.5) is 0 Å². The maximum Gasteiger partial charge on any atom is 0.356 e. The third-order valence-corrected chi connectivity index (χ3v) is 10.7. The molecule has 3 heterocycles. The van der Waals surface area contributed by atoms with Crippen molar-refractivity contribution in [3.8, 4) is 11.5 Å². The molecule has 4 aromatic carbocycles. The fraction of sp³-hybridized carbons (Fsp3) is 0.244. The molecule has 16 nitrogen and oxygen atoms in total. The lowest BCUT2D eigenvalue weighted by Crippen LogP contribution is -2.83. The summed E-state index contributed by atoms with van der Waals surface area (Å²) < 4.78 is 30.4. The number of ether oxygens (including phenoxy) is 5. The Bertz CT molecular complexity index is 2270. The number of amides is 2. The Balaban J connectivity index is 1.18. The van der Waals surface area contributed by atoms with Crippen LogP contribution >= 0.6 is 11.8 Å². The molecule has 0 spiro atoms. The number of nitrogens with zero attached hydrogens (tertiary/aromatic N) is 5. The van der Waals surface area contributed by atoms with Crippen LogP contribution < -0.4 is 10.1 Å². The summed E-state index contributed by atoms with van der Waals surface area (Å²) in [5, 5.41) is 24.5. The van der Waals surface area contributed by atoms with E-state index in [0.717, 1.165) is 4.90 Å². The highest BCUT2D eigenvalue weighted by molar-refractivity contribution is 7.99. The van der Waals surface area contributed by atoms with Crippen molar-refractivity contribution in [3.05, 3.63) is 143 Å². The van der Waals surface area contributed by atoms with Crippen LogP contribution in [0.3, 0.4) is 0 Å². The van der Waals surface area contributed by atoms with Gasteiger partial charge >= 0.3 is 11.9 Å². The quantitative estimate of drug-likeness (QED) is 0.0510. The molecular formula is C41H38N6O10S. The number of aromatic nitrogens is 4. The molecule has 0 radical (unpaired) electrons. The van der Waals surface area contributed by atoms with E-state index >= 15 is 0 Å². The van der Waals surface area contributed by atoms with Gasteiger partial charge in [-0.25, -0.2) is 9.48 Å². The summed E-state index contributed by atoms with van der Waals surface area (Å²) >= 11 is 1.22. The lowest BCUT2D eigenvalue weighted by atomic mass is 9.92. The van der Waals surface area contributed by atoms with Gasteiger partial charge in [0.2, 0.25) is 11.1 Å². The average Bonchev–Trinajstić information content (AvgIpc) is 3.68. The lowest BCUT2D eigenvalue weighted by molar-refractivity contribution is -0.258. The molecule has 0 aliphatic carbocycles. The highest BCUT2D eigenvalue weighted by atomic mass is 32.2. The Morgan fingerprint density at radius 3 is 2.17 bits per heavy atom. The number of nitrogens with one attached hydrogen (secondary N) is 1. The largest absolute Gasteiger partial charge is 0.508 e. The van der Waals surface area contributed by atoms with Crippen LogP contribution in [-0.4, -0.2) is 92.5 Å². The van der Waals surface area contributed by atoms with Crippen molar-refractivity contribution < 1.29 is 48.0 Å². The molecule has 3 unspecified atom stereocenters. The van der Waals surface area contributed by atoms with E-state index in [4.69, 9.17) is 23.7 Å². The third-order valence-electron chi connectivity index (χ3n) is 9.59. The molecule has 298 valence electrons. The second-order valence-corrected chi connectivity index (χ2v) is 14.1. The van der Waals surface area contributed by atoms with Crippen LogP contribution in [0.5, 0.6) is 11.5 Å². The van der Waals surface area contributed by atoms with Gasteiger partial charge in [0, 0.05) is 19.9 Å². The zero-order valence-electron chi connectivity index (χ0n) is 31.5. The van der Waals surface area contributed by atoms with E-state index in [2.05, 4.69) is 20.8 Å². The molecule has 2 N–H and O–H groups in total. The number of phenolic OH excluding ortho intramolecular Hbond substituents is 1. The number of carbonyl (C=O) groups excluding carboxylic acids is 4. The van der Waals surface area contributed by atoms with Crippen LogP contribution in [0.2, 0.25) is 0 Å². The zero-order valence-corrected chi connectivity index (χ0v) is 32.3. The SMILES string of the molecule is COc1ccc(COC(=O)C(C(=O)NC2(OC)C(=O)N3C(C(=O)OC(c4ccccc4)c4ccccc4)=C(CSc4nnnn4C)COC32)c2ccc(O)cc2)cc1. The molecule has 0 saturated carbocycles. The van der Waals surface area contributed by atoms with Crippen LogP contribution in [0.1, 0.15) is 34.3 Å². The molecule has 2 aliphatic rings. The van der Waals surface area contributed by atoms with E-state index in [1.54, 1.807) is 31.3 Å². The lowest BCUT2D eigenvalue weighted by Gasteiger charge is -2.55. The van der Waals surface area contributed by atoms with Gasteiger partial charge in [-0.3, -0.25) is 19.3 Å². The predicted octanol–water partition coefficient (Wildman–Crippen LogP) is 3.79. The number of thioether (sulfide) groups is 1. The van der Waals surface area contributed by atoms with E-state index in [1.165, 1.54) is 54.9 Å². The minimum Gasteiger partial charge on any atom is -0.508 e. The Morgan fingerprint density at radius 1 is 0.931 bits per heavy atom. The summed E-state index contributed by atoms with van der Waals surface area (Å²) in [5.41, 5.74) is 0.312. The number of esters is 2. The van der Waals surface area contributed by atoms with Crippen molar-refractivity contribution in [1.29, 1.82) is 0 Å². The standard InChI is InChI=1S/C41H38N6O10S/c1-46-40(43-44-45-46)58-24-29-23-56-39-41(54-3,38(52)47(39)33(29)37(51)57-34(27-10-6-4-7-11-27)28-12-8-5-9-13-28)42-35(49)32(26-16-18-30(48)19-17-26)36(50)55-22-25-14-20-31(53-2)21-15-25/h4-21,32,34,39,48H,22-24H2,1-3H3,(H,42,49). The van der Waals surface area contributed by atoms with E-state index in [-0.39, 0.29) is 36.0 Å². The molecule has 5 aromatic rings. The molecule has 3 atom stereocenters. The van der Waals surface area contributed by atoms with Crippen LogP contribution in [0.15, 0.2) is 126 Å². The highest BCUT2D eigenvalue weighted by Crippen LogP contribution is 2.43. The predicted molar refractivity (Wildman–Crippen MR) is 205 cm³/mol. The van der Waals surface area contributed by atoms with E-state index in [0.29, 0.717) is 33.2 Å². The van der Waals surface area contributed by atoms with Gasteiger partial charge in [-0.1, -0.05) is 96.7 Å². The number of β-lactam (4-membered cyclic amide) rings is 1. The van der Waals surface area contributed by atoms with Gasteiger partial charge in [0.15, 0.2) is 18.2 Å². The van der Waals surface area contributed by atoms with Crippen molar-refractivity contribution >= 4 is 35.5 Å². The van der Waals surface area contributed by atoms with Crippen molar-refractivity contribution in [2.75, 3.05) is 26.6 Å². The monoisotopic (exact) mass is 806 g/mol. The number of carbonyl (C=O) groups is 4. The summed E-state index contributed by atoms with van der Waals surface area (Å²) in [5.74, 6) is -4.54. The summed E-state index contributed by atoms with van der Waals surface area (Å²) in [7, 11) is 4.39. The van der Waals surface area contributed by atoms with Crippen LogP contribution in [0.25, 0.3) is 0 Å². The Hall–Kier alpha value is -6.56. The molecule has 1 saturated heterocycles. The van der Waals surface area contributed by atoms with Crippen LogP contribution in [0, 0.1) is 0 Å². The fourth-order valence-corrected chi connectivity index (χ4v) is 7.40. The number of aromatic hydroxyl groups is 1. The number of hydrogen-bond acceptors (Lipinski definition) is 14. The number of phenols is 1. The Kier molecular flexibility index (Phi) is 11.8. The van der Waals surface area contributed by atoms with Gasteiger partial charge in [0.25, 0.3) is 11.6 Å². The molecule has 1 aromatic heterocycles. The van der Waals surface area contributed by atoms with Crippen molar-refractivity contribution in [2.24, 2.45) is 7.05 Å². The van der Waals surface area contributed by atoms with Gasteiger partial charge in [0.05, 0.1) is 13.7 Å². The minimum atomic E-state index is -2.17. The molecular weight excluding hydrogens is 769 g/mol. The summed E-state index contributed by atoms with van der Waals surface area (Å²) in [6, 6.07) is 30.6. The van der Waals surface area contributed by atoms with E-state index < -0.39 is 47.7 Å². The number of rotatable bonds is 15. The van der Waals surface area contributed by atoms with Crippen molar-refractivity contribution in [3.63, 3.8) is 0 Å². The van der Waals surface area contributed by atoms with Gasteiger partial charge in [-0.2, -0.15) is 0 Å². The maximum absolute atomic E-state index is 14.5. The minimum absolute atomic E-state index is 0.0966. The maximum atomic E-state index is 14.5. The van der Waals surface area contributed by atoms with Crippen molar-refractivity contribution in [1.82, 2.24) is 30.4 Å². The molecule has 1 fully saturated rings. The Morgan fingerprint density at radius 2 is 1.59 bits per heavy atom. The molecule has 0 bridgehead atoms. The number of aryl methyl sites for hydroxylation is 1. The number of benzene rings is 4.